The molecule has 0 unspecified atom stereocenters. The van der Waals surface area contributed by atoms with Crippen LogP contribution in [0.1, 0.15) is 5.56 Å². The van der Waals surface area contributed by atoms with E-state index < -0.39 is 0 Å². The van der Waals surface area contributed by atoms with Crippen molar-refractivity contribution in [2.24, 2.45) is 0 Å². The van der Waals surface area contributed by atoms with Crippen LogP contribution in [0, 0.1) is 0 Å². The molecule has 5 heteroatoms. The van der Waals surface area contributed by atoms with Crippen LogP contribution in [-0.4, -0.2) is 32.0 Å². The molecule has 0 aliphatic heterocycles. The molecular weight excluding hydrogens is 264 g/mol. The van der Waals surface area contributed by atoms with Gasteiger partial charge in [0.1, 0.15) is 0 Å². The van der Waals surface area contributed by atoms with Gasteiger partial charge in [-0.05, 0) is 23.8 Å². The average Bonchev–Trinajstić information content (AvgIpc) is 2.46. The molecule has 0 aliphatic carbocycles. The van der Waals surface area contributed by atoms with E-state index in [0.717, 1.165) is 21.5 Å². The Morgan fingerprint density at radius 1 is 1.26 bits per heavy atom. The summed E-state index contributed by atoms with van der Waals surface area (Å²) in [4.78, 5) is 4.39. The van der Waals surface area contributed by atoms with Crippen molar-refractivity contribution < 1.29 is 9.47 Å². The second-order valence-electron chi connectivity index (χ2n) is 4.14. The number of nitrogens with zero attached hydrogens (tertiary/aromatic N) is 1. The first-order chi connectivity index (χ1) is 9.26. The fourth-order valence-electron chi connectivity index (χ4n) is 1.93. The Morgan fingerprint density at radius 3 is 2.79 bits per heavy atom. The lowest BCUT2D eigenvalue weighted by Crippen LogP contribution is -2.29. The van der Waals surface area contributed by atoms with E-state index in [1.165, 1.54) is 0 Å². The Morgan fingerprint density at radius 2 is 2.05 bits per heavy atom. The number of nitrogens with one attached hydrogen (secondary N) is 1. The fraction of sp³-hybridized carbons (Fsp3) is 0.357. The number of hydrogen-bond donors (Lipinski definition) is 1. The lowest BCUT2D eigenvalue weighted by molar-refractivity contribution is -0.0988. The highest BCUT2D eigenvalue weighted by Gasteiger charge is 2.07. The van der Waals surface area contributed by atoms with E-state index in [0.29, 0.717) is 13.1 Å². The molecular formula is C14H17ClN2O2. The van der Waals surface area contributed by atoms with Gasteiger partial charge >= 0.3 is 0 Å². The average molecular weight is 281 g/mol. The van der Waals surface area contributed by atoms with E-state index in [4.69, 9.17) is 21.1 Å². The van der Waals surface area contributed by atoms with Crippen LogP contribution in [0.25, 0.3) is 10.9 Å². The molecule has 1 heterocycles. The minimum Gasteiger partial charge on any atom is -0.355 e. The Bertz CT molecular complexity index is 544. The lowest BCUT2D eigenvalue weighted by Gasteiger charge is -2.14. The summed E-state index contributed by atoms with van der Waals surface area (Å²) in [5.74, 6) is 0. The van der Waals surface area contributed by atoms with Gasteiger partial charge in [0.15, 0.2) is 6.29 Å². The van der Waals surface area contributed by atoms with Crippen molar-refractivity contribution in [3.8, 4) is 0 Å². The van der Waals surface area contributed by atoms with Crippen LogP contribution in [0.15, 0.2) is 30.5 Å². The minimum atomic E-state index is -0.244. The molecule has 0 atom stereocenters. The van der Waals surface area contributed by atoms with Crippen LogP contribution in [0.4, 0.5) is 0 Å². The zero-order valence-electron chi connectivity index (χ0n) is 11.0. The van der Waals surface area contributed by atoms with Gasteiger partial charge in [0.2, 0.25) is 0 Å². The molecule has 4 nitrogen and oxygen atoms in total. The summed E-state index contributed by atoms with van der Waals surface area (Å²) in [7, 11) is 3.24. The van der Waals surface area contributed by atoms with Gasteiger partial charge in [0.05, 0.1) is 5.52 Å². The highest BCUT2D eigenvalue weighted by Crippen LogP contribution is 2.24. The summed E-state index contributed by atoms with van der Waals surface area (Å²) < 4.78 is 10.2. The van der Waals surface area contributed by atoms with Crippen LogP contribution in [0.2, 0.25) is 5.02 Å². The number of benzene rings is 1. The van der Waals surface area contributed by atoms with Crippen molar-refractivity contribution in [3.05, 3.63) is 41.0 Å². The number of hydrogen-bond acceptors (Lipinski definition) is 4. The van der Waals surface area contributed by atoms with Gasteiger partial charge in [-0.2, -0.15) is 0 Å². The molecule has 0 saturated heterocycles. The number of fused-ring (bicyclic) bond motifs is 1. The molecule has 0 aliphatic rings. The van der Waals surface area contributed by atoms with Crippen molar-refractivity contribution >= 4 is 22.5 Å². The second kappa shape index (κ2) is 6.82. The molecule has 2 rings (SSSR count). The summed E-state index contributed by atoms with van der Waals surface area (Å²) in [6.45, 7) is 1.30. The van der Waals surface area contributed by atoms with Gasteiger partial charge < -0.3 is 14.8 Å². The zero-order chi connectivity index (χ0) is 13.7. The number of halogens is 1. The Balaban J connectivity index is 2.11. The largest absolute Gasteiger partial charge is 0.355 e. The smallest absolute Gasteiger partial charge is 0.169 e. The number of rotatable bonds is 6. The van der Waals surface area contributed by atoms with Crippen molar-refractivity contribution in [3.63, 3.8) is 0 Å². The van der Waals surface area contributed by atoms with Crippen LogP contribution < -0.4 is 5.32 Å². The van der Waals surface area contributed by atoms with Gasteiger partial charge in [-0.15, -0.1) is 0 Å². The maximum absolute atomic E-state index is 6.16. The second-order valence-corrected chi connectivity index (χ2v) is 4.55. The molecule has 1 aromatic heterocycles. The van der Waals surface area contributed by atoms with Gasteiger partial charge in [-0.3, -0.25) is 4.98 Å². The predicted molar refractivity (Wildman–Crippen MR) is 76.3 cm³/mol. The van der Waals surface area contributed by atoms with Crippen LogP contribution in [0.5, 0.6) is 0 Å². The van der Waals surface area contributed by atoms with Gasteiger partial charge in [0.25, 0.3) is 0 Å². The molecule has 1 aromatic carbocycles. The highest BCUT2D eigenvalue weighted by atomic mass is 35.5. The summed E-state index contributed by atoms with van der Waals surface area (Å²) in [5, 5.41) is 4.97. The van der Waals surface area contributed by atoms with E-state index in [2.05, 4.69) is 10.3 Å². The van der Waals surface area contributed by atoms with Crippen molar-refractivity contribution in [2.45, 2.75) is 12.8 Å². The van der Waals surface area contributed by atoms with Gasteiger partial charge in [-0.25, -0.2) is 0 Å². The van der Waals surface area contributed by atoms with Gasteiger partial charge in [-0.1, -0.05) is 17.7 Å². The monoisotopic (exact) mass is 280 g/mol. The Hall–Kier alpha value is -1.20. The molecule has 0 saturated carbocycles. The summed E-state index contributed by atoms with van der Waals surface area (Å²) >= 11 is 6.16. The van der Waals surface area contributed by atoms with Crippen molar-refractivity contribution in [2.75, 3.05) is 20.8 Å². The standard InChI is InChI=1S/C14H17ClN2O2/c1-18-13(19-2)9-16-8-10-5-6-12(15)11-4-3-7-17-14(10)11/h3-7,13,16H,8-9H2,1-2H3. The SMILES string of the molecule is COC(CNCc1ccc(Cl)c2cccnc12)OC. The zero-order valence-corrected chi connectivity index (χ0v) is 11.8. The topological polar surface area (TPSA) is 43.4 Å². The fourth-order valence-corrected chi connectivity index (χ4v) is 2.14. The van der Waals surface area contributed by atoms with Crippen molar-refractivity contribution in [1.82, 2.24) is 10.3 Å². The van der Waals surface area contributed by atoms with Crippen LogP contribution >= 0.6 is 11.6 Å². The number of pyridine rings is 1. The lowest BCUT2D eigenvalue weighted by atomic mass is 10.1. The summed E-state index contributed by atoms with van der Waals surface area (Å²) in [5.41, 5.74) is 2.03. The normalized spacial score (nSPS) is 11.4. The molecule has 19 heavy (non-hydrogen) atoms. The Kier molecular flexibility index (Phi) is 5.10. The first-order valence-corrected chi connectivity index (χ1v) is 6.42. The summed E-state index contributed by atoms with van der Waals surface area (Å²) in [6, 6.07) is 7.74. The third-order valence-corrected chi connectivity index (χ3v) is 3.28. The first-order valence-electron chi connectivity index (χ1n) is 6.04. The maximum Gasteiger partial charge on any atom is 0.169 e. The number of ether oxygens (including phenoxy) is 2. The molecule has 0 amide bonds. The number of methoxy groups -OCH3 is 2. The molecule has 102 valence electrons. The quantitative estimate of drug-likeness (QED) is 0.826. The van der Waals surface area contributed by atoms with E-state index in [-0.39, 0.29) is 6.29 Å². The maximum atomic E-state index is 6.16. The third kappa shape index (κ3) is 3.42. The highest BCUT2D eigenvalue weighted by molar-refractivity contribution is 6.35. The number of aromatic nitrogens is 1. The van der Waals surface area contributed by atoms with E-state index in [9.17, 15) is 0 Å². The molecule has 0 spiro atoms. The van der Waals surface area contributed by atoms with Gasteiger partial charge in [0, 0.05) is 43.9 Å². The third-order valence-electron chi connectivity index (χ3n) is 2.95. The minimum absolute atomic E-state index is 0.244. The molecule has 0 bridgehead atoms. The van der Waals surface area contributed by atoms with E-state index in [1.54, 1.807) is 20.4 Å². The van der Waals surface area contributed by atoms with E-state index in [1.807, 2.05) is 24.3 Å². The van der Waals surface area contributed by atoms with Crippen LogP contribution in [-0.2, 0) is 16.0 Å². The van der Waals surface area contributed by atoms with Crippen molar-refractivity contribution in [1.29, 1.82) is 0 Å². The molecule has 0 fully saturated rings. The van der Waals surface area contributed by atoms with E-state index >= 15 is 0 Å². The molecule has 0 radical (unpaired) electrons. The molecule has 1 N–H and O–H groups in total. The predicted octanol–water partition coefficient (Wildman–Crippen LogP) is 2.60. The van der Waals surface area contributed by atoms with Crippen LogP contribution in [0.3, 0.4) is 0 Å². The first kappa shape index (κ1) is 14.2. The molecule has 2 aromatic rings. The summed E-state index contributed by atoms with van der Waals surface area (Å²) in [6.07, 6.45) is 1.53. The Labute approximate surface area is 117 Å².